The van der Waals surface area contributed by atoms with Crippen LogP contribution in [0.4, 0.5) is 5.69 Å². The molecule has 1 aliphatic heterocycles. The lowest BCUT2D eigenvalue weighted by Gasteiger charge is -2.27. The van der Waals surface area contributed by atoms with E-state index in [1.807, 2.05) is 6.07 Å². The van der Waals surface area contributed by atoms with Gasteiger partial charge < -0.3 is 15.5 Å². The Labute approximate surface area is 133 Å². The largest absolute Gasteiger partial charge is 0.360 e. The van der Waals surface area contributed by atoms with Gasteiger partial charge in [0.25, 0.3) is 5.91 Å². The van der Waals surface area contributed by atoms with Crippen LogP contribution in [0, 0.1) is 11.3 Å². The second-order valence-corrected chi connectivity index (χ2v) is 5.39. The van der Waals surface area contributed by atoms with Gasteiger partial charge in [-0.1, -0.05) is 23.2 Å². The van der Waals surface area contributed by atoms with Crippen LogP contribution in [-0.2, 0) is 4.79 Å². The quantitative estimate of drug-likeness (QED) is 0.661. The predicted octanol–water partition coefficient (Wildman–Crippen LogP) is 2.24. The summed E-state index contributed by atoms with van der Waals surface area (Å²) in [6.07, 6.45) is 1.38. The van der Waals surface area contributed by atoms with Gasteiger partial charge in [-0.15, -0.1) is 0 Å². The Morgan fingerprint density at radius 3 is 2.48 bits per heavy atom. The van der Waals surface area contributed by atoms with Crippen molar-refractivity contribution in [1.29, 1.82) is 5.26 Å². The molecule has 0 spiro atoms. The van der Waals surface area contributed by atoms with Gasteiger partial charge in [0.05, 0.1) is 0 Å². The molecule has 1 aromatic carbocycles. The van der Waals surface area contributed by atoms with E-state index in [0.717, 1.165) is 13.1 Å². The molecule has 2 N–H and O–H groups in total. The van der Waals surface area contributed by atoms with Gasteiger partial charge in [0.15, 0.2) is 0 Å². The highest BCUT2D eigenvalue weighted by molar-refractivity contribution is 6.35. The maximum Gasteiger partial charge on any atom is 0.266 e. The number of nitrogens with one attached hydrogen (secondary N) is 2. The van der Waals surface area contributed by atoms with Gasteiger partial charge in [0.2, 0.25) is 0 Å². The van der Waals surface area contributed by atoms with E-state index in [2.05, 4.69) is 10.6 Å². The van der Waals surface area contributed by atoms with Crippen LogP contribution >= 0.6 is 23.2 Å². The third kappa shape index (κ3) is 4.36. The van der Waals surface area contributed by atoms with Gasteiger partial charge in [-0.25, -0.2) is 0 Å². The zero-order valence-corrected chi connectivity index (χ0v) is 12.7. The summed E-state index contributed by atoms with van der Waals surface area (Å²) in [6, 6.07) is 6.85. The topological polar surface area (TPSA) is 68.2 Å². The zero-order chi connectivity index (χ0) is 15.2. The number of carbonyl (C=O) groups excluding carboxylic acids is 1. The number of carbonyl (C=O) groups is 1. The first-order valence-corrected chi connectivity index (χ1v) is 7.18. The Bertz CT molecular complexity index is 583. The second-order valence-electron chi connectivity index (χ2n) is 4.51. The minimum atomic E-state index is -0.278. The Balaban J connectivity index is 2.09. The van der Waals surface area contributed by atoms with Crippen LogP contribution in [0.25, 0.3) is 0 Å². The summed E-state index contributed by atoms with van der Waals surface area (Å²) in [4.78, 5) is 13.9. The molecule has 0 aliphatic carbocycles. The smallest absolute Gasteiger partial charge is 0.266 e. The van der Waals surface area contributed by atoms with Crippen molar-refractivity contribution in [2.24, 2.45) is 0 Å². The molecule has 1 heterocycles. The number of nitriles is 1. The summed E-state index contributed by atoms with van der Waals surface area (Å²) in [5, 5.41) is 16.1. The minimum Gasteiger partial charge on any atom is -0.360 e. The molecule has 5 nitrogen and oxygen atoms in total. The van der Waals surface area contributed by atoms with Crippen molar-refractivity contribution in [3.8, 4) is 6.07 Å². The van der Waals surface area contributed by atoms with Gasteiger partial charge in [-0.3, -0.25) is 4.79 Å². The number of anilines is 1. The predicted molar refractivity (Wildman–Crippen MR) is 83.2 cm³/mol. The average molecular weight is 325 g/mol. The number of benzene rings is 1. The van der Waals surface area contributed by atoms with E-state index in [0.29, 0.717) is 28.8 Å². The number of amides is 1. The highest BCUT2D eigenvalue weighted by atomic mass is 35.5. The highest BCUT2D eigenvalue weighted by Gasteiger charge is 2.19. The summed E-state index contributed by atoms with van der Waals surface area (Å²) in [5.41, 5.74) is 0.668. The average Bonchev–Trinajstić information content (AvgIpc) is 2.47. The van der Waals surface area contributed by atoms with Crippen LogP contribution in [0.1, 0.15) is 0 Å². The van der Waals surface area contributed by atoms with Crippen LogP contribution in [0.5, 0.6) is 0 Å². The van der Waals surface area contributed by atoms with E-state index >= 15 is 0 Å². The maximum absolute atomic E-state index is 12.2. The molecule has 1 amide bonds. The Morgan fingerprint density at radius 1 is 1.29 bits per heavy atom. The molecule has 1 aromatic rings. The molecule has 0 atom stereocenters. The summed E-state index contributed by atoms with van der Waals surface area (Å²) in [5.74, 6) is -0.278. The molecule has 0 bridgehead atoms. The van der Waals surface area contributed by atoms with Crippen molar-refractivity contribution in [2.75, 3.05) is 31.5 Å². The second kappa shape index (κ2) is 7.32. The molecule has 2 rings (SSSR count). The molecule has 0 saturated carbocycles. The number of piperazine rings is 1. The van der Waals surface area contributed by atoms with E-state index in [4.69, 9.17) is 28.5 Å². The lowest BCUT2D eigenvalue weighted by Crippen LogP contribution is -2.46. The molecule has 0 aromatic heterocycles. The number of rotatable bonds is 3. The van der Waals surface area contributed by atoms with Crippen molar-refractivity contribution in [2.45, 2.75) is 0 Å². The van der Waals surface area contributed by atoms with Gasteiger partial charge in [0.1, 0.15) is 11.6 Å². The molecule has 1 fully saturated rings. The molecular formula is C14H14Cl2N4O. The molecule has 1 saturated heterocycles. The molecule has 7 heteroatoms. The fraction of sp³-hybridized carbons (Fsp3) is 0.286. The molecule has 21 heavy (non-hydrogen) atoms. The van der Waals surface area contributed by atoms with Crippen LogP contribution in [-0.4, -0.2) is 37.0 Å². The Hall–Kier alpha value is -1.74. The molecule has 1 aliphatic rings. The number of nitrogens with zero attached hydrogens (tertiary/aromatic N) is 2. The summed E-state index contributed by atoms with van der Waals surface area (Å²) in [6.45, 7) is 2.67. The van der Waals surface area contributed by atoms with E-state index in [1.165, 1.54) is 6.20 Å². The van der Waals surface area contributed by atoms with Crippen LogP contribution in [0.15, 0.2) is 30.0 Å². The number of hydrogen-bond donors (Lipinski definition) is 2. The molecule has 0 radical (unpaired) electrons. The van der Waals surface area contributed by atoms with E-state index in [-0.39, 0.29) is 11.5 Å². The molecular weight excluding hydrogens is 311 g/mol. The van der Waals surface area contributed by atoms with Gasteiger partial charge >= 0.3 is 0 Å². The van der Waals surface area contributed by atoms with Crippen LogP contribution < -0.4 is 10.6 Å². The lowest BCUT2D eigenvalue weighted by molar-refractivity contribution is -0.127. The van der Waals surface area contributed by atoms with Crippen molar-refractivity contribution in [3.63, 3.8) is 0 Å². The highest BCUT2D eigenvalue weighted by Crippen LogP contribution is 2.22. The van der Waals surface area contributed by atoms with Gasteiger partial charge in [-0.05, 0) is 18.2 Å². The normalized spacial score (nSPS) is 15.5. The summed E-state index contributed by atoms with van der Waals surface area (Å²) < 4.78 is 0. The fourth-order valence-corrected chi connectivity index (χ4v) is 2.50. The number of hydrogen-bond acceptors (Lipinski definition) is 4. The first-order valence-electron chi connectivity index (χ1n) is 6.43. The monoisotopic (exact) mass is 324 g/mol. The van der Waals surface area contributed by atoms with Gasteiger partial charge in [0, 0.05) is 48.1 Å². The Morgan fingerprint density at radius 2 is 1.90 bits per heavy atom. The van der Waals surface area contributed by atoms with Crippen molar-refractivity contribution < 1.29 is 4.79 Å². The number of halogens is 2. The van der Waals surface area contributed by atoms with Crippen molar-refractivity contribution in [3.05, 3.63) is 40.0 Å². The molecule has 110 valence electrons. The maximum atomic E-state index is 12.2. The summed E-state index contributed by atoms with van der Waals surface area (Å²) in [7, 11) is 0. The third-order valence-corrected chi connectivity index (χ3v) is 3.44. The van der Waals surface area contributed by atoms with Gasteiger partial charge in [-0.2, -0.15) is 5.26 Å². The Kier molecular flexibility index (Phi) is 5.45. The van der Waals surface area contributed by atoms with E-state index in [1.54, 1.807) is 23.1 Å². The minimum absolute atomic E-state index is 0.0491. The van der Waals surface area contributed by atoms with E-state index in [9.17, 15) is 4.79 Å². The van der Waals surface area contributed by atoms with Crippen molar-refractivity contribution >= 4 is 34.8 Å². The zero-order valence-electron chi connectivity index (χ0n) is 11.2. The lowest BCUT2D eigenvalue weighted by atomic mass is 10.2. The third-order valence-electron chi connectivity index (χ3n) is 3.00. The fourth-order valence-electron chi connectivity index (χ4n) is 1.97. The van der Waals surface area contributed by atoms with Crippen LogP contribution in [0.3, 0.4) is 0 Å². The SMILES string of the molecule is N#C/C(=C/Nc1cc(Cl)cc(Cl)c1)C(=O)N1CCNCC1. The summed E-state index contributed by atoms with van der Waals surface area (Å²) >= 11 is 11.8. The van der Waals surface area contributed by atoms with Crippen molar-refractivity contribution in [1.82, 2.24) is 10.2 Å². The van der Waals surface area contributed by atoms with Crippen LogP contribution in [0.2, 0.25) is 10.0 Å². The first kappa shape index (κ1) is 15.6. The van der Waals surface area contributed by atoms with E-state index < -0.39 is 0 Å². The first-order chi connectivity index (χ1) is 10.1. The standard InChI is InChI=1S/C14H14Cl2N4O/c15-11-5-12(16)7-13(6-11)19-9-10(8-17)14(21)20-3-1-18-2-4-20/h5-7,9,18-19H,1-4H2/b10-9-. The molecule has 0 unspecified atom stereocenters.